The van der Waals surface area contributed by atoms with Gasteiger partial charge in [-0.3, -0.25) is 0 Å². The van der Waals surface area contributed by atoms with Crippen LogP contribution >= 0.6 is 0 Å². The molecule has 0 amide bonds. The van der Waals surface area contributed by atoms with Crippen LogP contribution in [0.1, 0.15) is 0 Å². The Balaban J connectivity index is 0.000000153. The molecule has 2 aromatic heterocycles. The molecule has 0 aliphatic heterocycles. The van der Waals surface area contributed by atoms with Gasteiger partial charge in [-0.05, 0) is 149 Å². The van der Waals surface area contributed by atoms with E-state index in [2.05, 4.69) is 364 Å². The van der Waals surface area contributed by atoms with E-state index in [1.165, 1.54) is 121 Å². The van der Waals surface area contributed by atoms with E-state index in [9.17, 15) is 0 Å². The van der Waals surface area contributed by atoms with E-state index in [1.807, 2.05) is 72.8 Å². The number of aromatic nitrogens is 6. The summed E-state index contributed by atoms with van der Waals surface area (Å²) in [6.07, 6.45) is 0. The molecule has 6 nitrogen and oxygen atoms in total. The van der Waals surface area contributed by atoms with Crippen molar-refractivity contribution in [3.8, 4) is 157 Å². The highest BCUT2D eigenvalue weighted by Crippen LogP contribution is 2.44. The lowest BCUT2D eigenvalue weighted by atomic mass is 9.88. The van der Waals surface area contributed by atoms with E-state index in [-0.39, 0.29) is 0 Å². The minimum absolute atomic E-state index is 0.631. The van der Waals surface area contributed by atoms with Gasteiger partial charge in [0.15, 0.2) is 34.9 Å². The molecule has 2 heterocycles. The lowest BCUT2D eigenvalue weighted by Gasteiger charge is -2.16. The van der Waals surface area contributed by atoms with E-state index >= 15 is 0 Å². The first kappa shape index (κ1) is 69.7. The van der Waals surface area contributed by atoms with E-state index in [0.29, 0.717) is 34.9 Å². The van der Waals surface area contributed by atoms with Crippen molar-refractivity contribution in [2.24, 2.45) is 0 Å². The molecule has 542 valence electrons. The average molecular weight is 1480 g/mol. The Labute approximate surface area is 673 Å². The second-order valence-corrected chi connectivity index (χ2v) is 29.2. The minimum atomic E-state index is 0.631. The molecule has 6 heteroatoms. The lowest BCUT2D eigenvalue weighted by Crippen LogP contribution is -2.00. The highest BCUT2D eigenvalue weighted by Gasteiger charge is 2.20. The Morgan fingerprint density at radius 2 is 0.310 bits per heavy atom. The summed E-state index contributed by atoms with van der Waals surface area (Å²) >= 11 is 0. The first-order valence-corrected chi connectivity index (χ1v) is 39.3. The van der Waals surface area contributed by atoms with Crippen molar-refractivity contribution in [2.45, 2.75) is 0 Å². The van der Waals surface area contributed by atoms with Gasteiger partial charge in [0.1, 0.15) is 0 Å². The second-order valence-electron chi connectivity index (χ2n) is 29.2. The first-order valence-electron chi connectivity index (χ1n) is 39.3. The number of benzene rings is 19. The molecule has 0 fully saturated rings. The summed E-state index contributed by atoms with van der Waals surface area (Å²) in [6.45, 7) is 0. The number of hydrogen-bond acceptors (Lipinski definition) is 6. The van der Waals surface area contributed by atoms with Crippen LogP contribution in [0.4, 0.5) is 0 Å². The maximum Gasteiger partial charge on any atom is 0.164 e. The summed E-state index contributed by atoms with van der Waals surface area (Å²) in [5.41, 5.74) is 24.5. The fraction of sp³-hybridized carbons (Fsp3) is 0. The zero-order valence-electron chi connectivity index (χ0n) is 63.3. The summed E-state index contributed by atoms with van der Waals surface area (Å²) in [6, 6.07) is 154. The van der Waals surface area contributed by atoms with Crippen molar-refractivity contribution in [1.29, 1.82) is 0 Å². The van der Waals surface area contributed by atoms with E-state index < -0.39 is 0 Å². The van der Waals surface area contributed by atoms with Crippen molar-refractivity contribution in [1.82, 2.24) is 29.9 Å². The van der Waals surface area contributed by atoms with Crippen LogP contribution < -0.4 is 0 Å². The van der Waals surface area contributed by atoms with Gasteiger partial charge in [0, 0.05) is 33.4 Å². The quantitative estimate of drug-likeness (QED) is 0.101. The molecule has 0 saturated carbocycles. The van der Waals surface area contributed by atoms with Crippen LogP contribution in [0.25, 0.3) is 211 Å². The van der Waals surface area contributed by atoms with Crippen molar-refractivity contribution >= 4 is 53.9 Å². The molecule has 21 aromatic rings. The summed E-state index contributed by atoms with van der Waals surface area (Å²) in [7, 11) is 0. The molecule has 0 atom stereocenters. The van der Waals surface area contributed by atoms with Crippen molar-refractivity contribution in [3.05, 3.63) is 437 Å². The van der Waals surface area contributed by atoms with Gasteiger partial charge in [0.05, 0.1) is 0 Å². The number of nitrogens with zero attached hydrogens (tertiary/aromatic N) is 6. The average Bonchev–Trinajstić information content (AvgIpc) is 0.746. The van der Waals surface area contributed by atoms with Crippen molar-refractivity contribution in [3.63, 3.8) is 0 Å². The van der Waals surface area contributed by atoms with Gasteiger partial charge in [-0.2, -0.15) is 0 Å². The van der Waals surface area contributed by atoms with Crippen LogP contribution in [0.15, 0.2) is 437 Å². The molecule has 0 radical (unpaired) electrons. The molecular formula is C110H72N6. The number of fused-ring (bicyclic) bond motifs is 8. The highest BCUT2D eigenvalue weighted by molar-refractivity contribution is 6.26. The molecule has 0 spiro atoms. The molecule has 0 aliphatic rings. The minimum Gasteiger partial charge on any atom is -0.208 e. The fourth-order valence-corrected chi connectivity index (χ4v) is 16.2. The summed E-state index contributed by atoms with van der Waals surface area (Å²) in [5, 5.41) is 12.5. The summed E-state index contributed by atoms with van der Waals surface area (Å²) in [5.74, 6) is 3.83. The topological polar surface area (TPSA) is 77.3 Å². The Hall–Kier alpha value is -15.5. The molecule has 116 heavy (non-hydrogen) atoms. The molecule has 0 saturated heterocycles. The zero-order chi connectivity index (χ0) is 77.1. The predicted octanol–water partition coefficient (Wildman–Crippen LogP) is 28.8. The standard InChI is InChI=1S/C61H39N3.C49H33N3/c1-3-13-40(14-4-1)41-25-31-47(32-26-41)60-62-59(46-16-5-2-6-17-46)63-61(64-60)48-33-27-44(28-34-48)51-37-35-43-15-7-8-18-50(43)58(51)45-29-23-42(24-30-45)49-36-38-56-54-21-10-9-19-52(54)53-20-11-12-22-55(53)57(56)39-49;1-4-12-34(13-5-1)36-20-24-39(25-21-36)45-33-32-38-16-10-11-19-44(38)46(45)40-26-30-43(31-27-40)49-51-47(41-17-8-3-9-18-41)50-48(52-49)42-28-22-37(23-29-42)35-14-6-2-7-15-35/h1-39H;1-33H. The van der Waals surface area contributed by atoms with Crippen LogP contribution in [0, 0.1) is 0 Å². The van der Waals surface area contributed by atoms with Gasteiger partial charge < -0.3 is 0 Å². The van der Waals surface area contributed by atoms with E-state index in [1.54, 1.807) is 0 Å². The third-order valence-corrected chi connectivity index (χ3v) is 22.1. The molecular weight excluding hydrogens is 1410 g/mol. The first-order chi connectivity index (χ1) is 57.5. The zero-order valence-corrected chi connectivity index (χ0v) is 63.3. The molecule has 0 N–H and O–H groups in total. The van der Waals surface area contributed by atoms with Gasteiger partial charge in [-0.1, -0.05) is 431 Å². The number of hydrogen-bond donors (Lipinski definition) is 0. The normalized spacial score (nSPS) is 11.3. The van der Waals surface area contributed by atoms with E-state index in [4.69, 9.17) is 29.9 Å². The Morgan fingerprint density at radius 3 is 0.621 bits per heavy atom. The third-order valence-electron chi connectivity index (χ3n) is 22.1. The van der Waals surface area contributed by atoms with Crippen molar-refractivity contribution < 1.29 is 0 Å². The molecule has 0 aliphatic carbocycles. The Kier molecular flexibility index (Phi) is 18.6. The van der Waals surface area contributed by atoms with E-state index in [0.717, 1.165) is 55.6 Å². The van der Waals surface area contributed by atoms with Crippen LogP contribution in [-0.2, 0) is 0 Å². The largest absolute Gasteiger partial charge is 0.208 e. The monoisotopic (exact) mass is 1480 g/mol. The second kappa shape index (κ2) is 31.0. The maximum absolute atomic E-state index is 5.07. The molecule has 21 rings (SSSR count). The number of rotatable bonds is 14. The molecule has 0 unspecified atom stereocenters. The van der Waals surface area contributed by atoms with Crippen molar-refractivity contribution in [2.75, 3.05) is 0 Å². The Bertz CT molecular complexity index is 7110. The van der Waals surface area contributed by atoms with Crippen LogP contribution in [0.2, 0.25) is 0 Å². The summed E-state index contributed by atoms with van der Waals surface area (Å²) < 4.78 is 0. The third kappa shape index (κ3) is 13.9. The predicted molar refractivity (Wildman–Crippen MR) is 483 cm³/mol. The van der Waals surface area contributed by atoms with Gasteiger partial charge in [-0.25, -0.2) is 29.9 Å². The SMILES string of the molecule is c1ccc(-c2ccc(-c3nc(-c4ccccc4)nc(-c4ccc(-c5c(-c6ccc(-c7ccccc7)cc6)ccc6ccccc56)cc4)n3)cc2)cc1.c1ccc(-c2ccc(-c3nc(-c4ccccc4)nc(-c4ccc(-c5ccc6ccccc6c5-c5ccc(-c6ccc7c8ccccc8c8ccccc8c7c6)cc5)cc4)n3)cc2)cc1. The van der Waals surface area contributed by atoms with Crippen LogP contribution in [-0.4, -0.2) is 29.9 Å². The van der Waals surface area contributed by atoms with Gasteiger partial charge in [0.2, 0.25) is 0 Å². The van der Waals surface area contributed by atoms with Gasteiger partial charge in [-0.15, -0.1) is 0 Å². The molecule has 19 aromatic carbocycles. The smallest absolute Gasteiger partial charge is 0.164 e. The lowest BCUT2D eigenvalue weighted by molar-refractivity contribution is 1.07. The highest BCUT2D eigenvalue weighted by atomic mass is 15.0. The maximum atomic E-state index is 5.07. The Morgan fingerprint density at radius 1 is 0.112 bits per heavy atom. The summed E-state index contributed by atoms with van der Waals surface area (Å²) in [4.78, 5) is 30.0. The van der Waals surface area contributed by atoms with Crippen LogP contribution in [0.3, 0.4) is 0 Å². The fourth-order valence-electron chi connectivity index (χ4n) is 16.2. The van der Waals surface area contributed by atoms with Crippen LogP contribution in [0.5, 0.6) is 0 Å². The van der Waals surface area contributed by atoms with Gasteiger partial charge >= 0.3 is 0 Å². The van der Waals surface area contributed by atoms with Gasteiger partial charge in [0.25, 0.3) is 0 Å². The molecule has 0 bridgehead atoms.